The molecule has 2 rings (SSSR count). The van der Waals surface area contributed by atoms with Crippen LogP contribution in [0, 0.1) is 12.8 Å². The third-order valence-corrected chi connectivity index (χ3v) is 5.22. The Balaban J connectivity index is 1.80. The number of carbonyl (C=O) groups is 1. The molecule has 6 nitrogen and oxygen atoms in total. The fourth-order valence-corrected chi connectivity index (χ4v) is 3.47. The number of hydrogen-bond donors (Lipinski definition) is 2. The summed E-state index contributed by atoms with van der Waals surface area (Å²) in [5, 5.41) is 6.72. The van der Waals surface area contributed by atoms with Gasteiger partial charge in [0.15, 0.2) is 5.96 Å². The average molecular weight is 409 g/mol. The summed E-state index contributed by atoms with van der Waals surface area (Å²) in [6.07, 6.45) is 3.73. The normalized spacial score (nSPS) is 15.4. The van der Waals surface area contributed by atoms with E-state index in [-0.39, 0.29) is 5.91 Å². The van der Waals surface area contributed by atoms with Crippen molar-refractivity contribution in [2.45, 2.75) is 39.5 Å². The smallest absolute Gasteiger partial charge is 0.226 e. The van der Waals surface area contributed by atoms with Crippen LogP contribution in [0.1, 0.15) is 38.2 Å². The molecule has 1 heterocycles. The molecule has 1 aromatic carbocycles. The quantitative estimate of drug-likeness (QED) is 0.508. The molecule has 0 atom stereocenters. The molecule has 1 amide bonds. The van der Waals surface area contributed by atoms with Crippen LogP contribution in [0.15, 0.2) is 23.2 Å². The van der Waals surface area contributed by atoms with Gasteiger partial charge in [-0.15, -0.1) is 0 Å². The molecule has 0 aromatic heterocycles. The van der Waals surface area contributed by atoms with Crippen LogP contribution in [0.4, 0.5) is 5.69 Å². The lowest BCUT2D eigenvalue weighted by molar-refractivity contribution is -0.116. The van der Waals surface area contributed by atoms with Crippen molar-refractivity contribution in [1.82, 2.24) is 10.2 Å². The van der Waals surface area contributed by atoms with Crippen LogP contribution in [0.25, 0.3) is 0 Å². The molecule has 1 aromatic rings. The number of aliphatic imine (C=N–C) groups is 1. The molecule has 1 fully saturated rings. The summed E-state index contributed by atoms with van der Waals surface area (Å²) in [6, 6.07) is 5.59. The maximum Gasteiger partial charge on any atom is 0.226 e. The van der Waals surface area contributed by atoms with Crippen LogP contribution >= 0.6 is 11.6 Å². The number of carbonyl (C=O) groups excluding carboxylic acids is 1. The summed E-state index contributed by atoms with van der Waals surface area (Å²) in [5.41, 5.74) is 1.70. The van der Waals surface area contributed by atoms with Crippen molar-refractivity contribution in [1.29, 1.82) is 0 Å². The number of amides is 1. The molecule has 1 aliphatic rings. The summed E-state index contributed by atoms with van der Waals surface area (Å²) in [7, 11) is 2.05. The van der Waals surface area contributed by atoms with Crippen molar-refractivity contribution in [3.8, 4) is 0 Å². The van der Waals surface area contributed by atoms with E-state index < -0.39 is 0 Å². The number of guanidine groups is 1. The van der Waals surface area contributed by atoms with Gasteiger partial charge in [-0.05, 0) is 56.7 Å². The summed E-state index contributed by atoms with van der Waals surface area (Å²) in [5.74, 6) is 1.48. The van der Waals surface area contributed by atoms with Gasteiger partial charge in [0.05, 0.1) is 17.3 Å². The molecule has 0 bridgehead atoms. The minimum atomic E-state index is -0.0878. The van der Waals surface area contributed by atoms with Crippen LogP contribution in [0.5, 0.6) is 0 Å². The zero-order chi connectivity index (χ0) is 20.4. The van der Waals surface area contributed by atoms with E-state index >= 15 is 0 Å². The molecular weight excluding hydrogens is 376 g/mol. The third kappa shape index (κ3) is 7.68. The Hall–Kier alpha value is -1.79. The van der Waals surface area contributed by atoms with E-state index in [1.807, 2.05) is 39.1 Å². The highest BCUT2D eigenvalue weighted by molar-refractivity contribution is 6.33. The molecule has 156 valence electrons. The molecule has 28 heavy (non-hydrogen) atoms. The number of ether oxygens (including phenoxy) is 1. The van der Waals surface area contributed by atoms with Gasteiger partial charge in [-0.3, -0.25) is 9.79 Å². The van der Waals surface area contributed by atoms with Gasteiger partial charge in [-0.1, -0.05) is 17.7 Å². The minimum absolute atomic E-state index is 0.0878. The Kier molecular flexibility index (Phi) is 9.58. The van der Waals surface area contributed by atoms with Crippen molar-refractivity contribution in [3.05, 3.63) is 28.8 Å². The van der Waals surface area contributed by atoms with Gasteiger partial charge in [-0.25, -0.2) is 0 Å². The van der Waals surface area contributed by atoms with E-state index in [4.69, 9.17) is 16.3 Å². The highest BCUT2D eigenvalue weighted by atomic mass is 35.5. The number of benzene rings is 1. The van der Waals surface area contributed by atoms with Crippen LogP contribution in [-0.2, 0) is 9.53 Å². The van der Waals surface area contributed by atoms with Crippen LogP contribution in [-0.4, -0.2) is 56.7 Å². The van der Waals surface area contributed by atoms with E-state index in [1.54, 1.807) is 0 Å². The molecule has 0 radical (unpaired) electrons. The molecule has 0 unspecified atom stereocenters. The van der Waals surface area contributed by atoms with Gasteiger partial charge in [0.25, 0.3) is 0 Å². The first-order chi connectivity index (χ1) is 13.5. The SMILES string of the molecule is CCNC(=NCCC(=O)Nc1ccc(C)cc1Cl)N(C)CCC1CCOCC1. The molecule has 1 saturated heterocycles. The number of nitrogens with zero attached hydrogens (tertiary/aromatic N) is 2. The topological polar surface area (TPSA) is 66.0 Å². The zero-order valence-corrected chi connectivity index (χ0v) is 18.0. The van der Waals surface area contributed by atoms with Crippen LogP contribution in [0.2, 0.25) is 5.02 Å². The molecule has 0 aliphatic carbocycles. The Morgan fingerprint density at radius 1 is 1.36 bits per heavy atom. The molecule has 0 spiro atoms. The first kappa shape index (κ1) is 22.5. The zero-order valence-electron chi connectivity index (χ0n) is 17.3. The molecule has 1 aliphatic heterocycles. The van der Waals surface area contributed by atoms with Crippen molar-refractivity contribution < 1.29 is 9.53 Å². The highest BCUT2D eigenvalue weighted by Gasteiger charge is 2.15. The Labute approximate surface area is 173 Å². The van der Waals surface area contributed by atoms with Gasteiger partial charge in [0.1, 0.15) is 0 Å². The lowest BCUT2D eigenvalue weighted by Crippen LogP contribution is -2.40. The lowest BCUT2D eigenvalue weighted by Gasteiger charge is -2.26. The van der Waals surface area contributed by atoms with E-state index in [1.165, 1.54) is 0 Å². The maximum absolute atomic E-state index is 12.2. The molecular formula is C21H33ClN4O2. The number of anilines is 1. The van der Waals surface area contributed by atoms with Crippen LogP contribution < -0.4 is 10.6 Å². The number of halogens is 1. The standard InChI is InChI=1S/C21H33ClN4O2/c1-4-23-21(26(3)12-8-17-9-13-28-14-10-17)24-11-7-20(27)25-19-6-5-16(2)15-18(19)22/h5-6,15,17H,4,7-14H2,1-3H3,(H,23,24)(H,25,27). The Bertz CT molecular complexity index is 660. The second kappa shape index (κ2) is 11.9. The minimum Gasteiger partial charge on any atom is -0.381 e. The monoisotopic (exact) mass is 408 g/mol. The van der Waals surface area contributed by atoms with Crippen molar-refractivity contribution >= 4 is 29.2 Å². The second-order valence-corrected chi connectivity index (χ2v) is 7.69. The second-order valence-electron chi connectivity index (χ2n) is 7.28. The third-order valence-electron chi connectivity index (χ3n) is 4.91. The predicted octanol–water partition coefficient (Wildman–Crippen LogP) is 3.69. The van der Waals surface area contributed by atoms with Crippen LogP contribution in [0.3, 0.4) is 0 Å². The number of nitrogens with one attached hydrogen (secondary N) is 2. The van der Waals surface area contributed by atoms with E-state index in [9.17, 15) is 4.79 Å². The van der Waals surface area contributed by atoms with E-state index in [0.717, 1.165) is 63.0 Å². The number of aryl methyl sites for hydroxylation is 1. The van der Waals surface area contributed by atoms with Crippen molar-refractivity contribution in [2.24, 2.45) is 10.9 Å². The summed E-state index contributed by atoms with van der Waals surface area (Å²) in [4.78, 5) is 19.0. The van der Waals surface area contributed by atoms with Gasteiger partial charge >= 0.3 is 0 Å². The van der Waals surface area contributed by atoms with Gasteiger partial charge in [0, 0.05) is 39.8 Å². The predicted molar refractivity (Wildman–Crippen MR) is 116 cm³/mol. The van der Waals surface area contributed by atoms with Crippen molar-refractivity contribution in [3.63, 3.8) is 0 Å². The molecule has 0 saturated carbocycles. The van der Waals surface area contributed by atoms with Gasteiger partial charge in [0.2, 0.25) is 5.91 Å². The first-order valence-electron chi connectivity index (χ1n) is 10.1. The van der Waals surface area contributed by atoms with Gasteiger partial charge < -0.3 is 20.3 Å². The summed E-state index contributed by atoms with van der Waals surface area (Å²) >= 11 is 6.17. The maximum atomic E-state index is 12.2. The largest absolute Gasteiger partial charge is 0.381 e. The molecule has 2 N–H and O–H groups in total. The van der Waals surface area contributed by atoms with E-state index in [2.05, 4.69) is 20.5 Å². The number of rotatable bonds is 8. The highest BCUT2D eigenvalue weighted by Crippen LogP contribution is 2.22. The van der Waals surface area contributed by atoms with E-state index in [0.29, 0.717) is 23.7 Å². The number of hydrogen-bond acceptors (Lipinski definition) is 3. The van der Waals surface area contributed by atoms with Gasteiger partial charge in [-0.2, -0.15) is 0 Å². The fourth-order valence-electron chi connectivity index (χ4n) is 3.18. The first-order valence-corrected chi connectivity index (χ1v) is 10.5. The summed E-state index contributed by atoms with van der Waals surface area (Å²) < 4.78 is 5.43. The Morgan fingerprint density at radius 3 is 2.79 bits per heavy atom. The fraction of sp³-hybridized carbons (Fsp3) is 0.619. The molecule has 7 heteroatoms. The average Bonchev–Trinajstić information content (AvgIpc) is 2.68. The summed E-state index contributed by atoms with van der Waals surface area (Å²) in [6.45, 7) is 7.94. The lowest BCUT2D eigenvalue weighted by atomic mass is 9.96. The van der Waals surface area contributed by atoms with Crippen molar-refractivity contribution in [2.75, 3.05) is 45.2 Å². The Morgan fingerprint density at radius 2 is 2.11 bits per heavy atom.